The lowest BCUT2D eigenvalue weighted by atomic mass is 10.2. The molecule has 2 rings (SSSR count). The third kappa shape index (κ3) is 6.64. The molecule has 5 nitrogen and oxygen atoms in total. The summed E-state index contributed by atoms with van der Waals surface area (Å²) in [4.78, 5) is 13.6. The second-order valence-corrected chi connectivity index (χ2v) is 6.85. The van der Waals surface area contributed by atoms with Crippen molar-refractivity contribution in [1.29, 1.82) is 0 Å². The van der Waals surface area contributed by atoms with E-state index in [0.717, 1.165) is 30.4 Å². The number of halogens is 1. The molecule has 132 valence electrons. The van der Waals surface area contributed by atoms with Crippen molar-refractivity contribution in [2.24, 2.45) is 4.99 Å². The first-order chi connectivity index (χ1) is 11.1. The molecular formula is C17H26IN5S. The molecule has 0 bridgehead atoms. The van der Waals surface area contributed by atoms with Gasteiger partial charge in [-0.1, -0.05) is 0 Å². The maximum Gasteiger partial charge on any atom is 0.191 e. The molecule has 7 heteroatoms. The normalized spacial score (nSPS) is 10.9. The number of aryl methyl sites for hydroxylation is 1. The molecular weight excluding hydrogens is 433 g/mol. The lowest BCUT2D eigenvalue weighted by molar-refractivity contribution is 0.823. The highest BCUT2D eigenvalue weighted by molar-refractivity contribution is 14.0. The van der Waals surface area contributed by atoms with Crippen molar-refractivity contribution in [2.45, 2.75) is 26.9 Å². The fourth-order valence-electron chi connectivity index (χ4n) is 2.07. The molecule has 0 aliphatic rings. The van der Waals surface area contributed by atoms with Gasteiger partial charge in [0.15, 0.2) is 5.96 Å². The Morgan fingerprint density at radius 3 is 2.67 bits per heavy atom. The summed E-state index contributed by atoms with van der Waals surface area (Å²) in [6.07, 6.45) is 1.83. The Balaban J connectivity index is 0.00000288. The Kier molecular flexibility index (Phi) is 9.05. The highest BCUT2D eigenvalue weighted by Crippen LogP contribution is 2.14. The number of nitrogens with zero attached hydrogens (tertiary/aromatic N) is 3. The Morgan fingerprint density at radius 2 is 2.04 bits per heavy atom. The smallest absolute Gasteiger partial charge is 0.191 e. The molecule has 0 aliphatic heterocycles. The average molecular weight is 459 g/mol. The van der Waals surface area contributed by atoms with Crippen molar-refractivity contribution in [2.75, 3.05) is 25.5 Å². The largest absolute Gasteiger partial charge is 0.363 e. The van der Waals surface area contributed by atoms with E-state index < -0.39 is 0 Å². The summed E-state index contributed by atoms with van der Waals surface area (Å²) in [6.45, 7) is 6.46. The van der Waals surface area contributed by atoms with Gasteiger partial charge in [-0.25, -0.2) is 9.98 Å². The Hall–Kier alpha value is -1.35. The van der Waals surface area contributed by atoms with Crippen LogP contribution in [0.15, 0.2) is 35.5 Å². The maximum absolute atomic E-state index is 4.66. The molecule has 0 fully saturated rings. The molecule has 2 aromatic rings. The average Bonchev–Trinajstić information content (AvgIpc) is 2.96. The first-order valence-electron chi connectivity index (χ1n) is 7.78. The van der Waals surface area contributed by atoms with Gasteiger partial charge in [0.25, 0.3) is 0 Å². The summed E-state index contributed by atoms with van der Waals surface area (Å²) >= 11 is 1.81. The van der Waals surface area contributed by atoms with E-state index in [9.17, 15) is 0 Å². The van der Waals surface area contributed by atoms with Crippen LogP contribution in [-0.2, 0) is 13.1 Å². The fourth-order valence-corrected chi connectivity index (χ4v) is 2.90. The zero-order chi connectivity index (χ0) is 16.7. The molecule has 0 amide bonds. The van der Waals surface area contributed by atoms with E-state index in [0.29, 0.717) is 6.54 Å². The second-order valence-electron chi connectivity index (χ2n) is 5.48. The van der Waals surface area contributed by atoms with E-state index in [1.807, 2.05) is 42.6 Å². The van der Waals surface area contributed by atoms with Crippen LogP contribution in [0.5, 0.6) is 0 Å². The van der Waals surface area contributed by atoms with Crippen molar-refractivity contribution < 1.29 is 0 Å². The van der Waals surface area contributed by atoms with Crippen molar-refractivity contribution in [3.05, 3.63) is 45.8 Å². The molecule has 0 unspecified atom stereocenters. The van der Waals surface area contributed by atoms with Crippen LogP contribution < -0.4 is 15.5 Å². The van der Waals surface area contributed by atoms with Crippen LogP contribution in [0.25, 0.3) is 0 Å². The van der Waals surface area contributed by atoms with Gasteiger partial charge in [-0.05, 0) is 43.7 Å². The molecule has 24 heavy (non-hydrogen) atoms. The lowest BCUT2D eigenvalue weighted by Gasteiger charge is -2.12. The van der Waals surface area contributed by atoms with Gasteiger partial charge in [-0.3, -0.25) is 0 Å². The highest BCUT2D eigenvalue weighted by Gasteiger charge is 2.02. The summed E-state index contributed by atoms with van der Waals surface area (Å²) in [5.41, 5.74) is 1.15. The van der Waals surface area contributed by atoms with Crippen molar-refractivity contribution >= 4 is 47.1 Å². The molecule has 0 aromatic carbocycles. The fraction of sp³-hybridized carbons (Fsp3) is 0.412. The van der Waals surface area contributed by atoms with Crippen molar-refractivity contribution in [3.63, 3.8) is 0 Å². The summed E-state index contributed by atoms with van der Waals surface area (Å²) in [7, 11) is 3.98. The number of hydrogen-bond donors (Lipinski definition) is 2. The predicted octanol–water partition coefficient (Wildman–Crippen LogP) is 3.39. The topological polar surface area (TPSA) is 52.6 Å². The number of aromatic nitrogens is 1. The van der Waals surface area contributed by atoms with Crippen LogP contribution in [0.1, 0.15) is 22.2 Å². The van der Waals surface area contributed by atoms with E-state index >= 15 is 0 Å². The molecule has 0 spiro atoms. The van der Waals surface area contributed by atoms with Crippen LogP contribution in [0.4, 0.5) is 5.82 Å². The first-order valence-corrected chi connectivity index (χ1v) is 8.60. The number of pyridine rings is 1. The van der Waals surface area contributed by atoms with E-state index in [2.05, 4.69) is 52.7 Å². The quantitative estimate of drug-likeness (QED) is 0.395. The standard InChI is InChI=1S/C17H25N5S.HI/c1-5-18-17(21-12-15-7-6-13(2)23-15)20-11-14-8-9-19-16(10-14)22(3)4;/h6-10H,5,11-12H2,1-4H3,(H2,18,20,21);1H. The Morgan fingerprint density at radius 1 is 1.25 bits per heavy atom. The van der Waals surface area contributed by atoms with E-state index in [1.165, 1.54) is 9.75 Å². The van der Waals surface area contributed by atoms with Gasteiger partial charge >= 0.3 is 0 Å². The molecule has 2 aromatic heterocycles. The molecule has 0 atom stereocenters. The predicted molar refractivity (Wildman–Crippen MR) is 115 cm³/mol. The third-order valence-corrected chi connectivity index (χ3v) is 4.26. The number of thiophene rings is 1. The number of aliphatic imine (C=N–C) groups is 1. The van der Waals surface area contributed by atoms with Crippen LogP contribution in [0, 0.1) is 6.92 Å². The summed E-state index contributed by atoms with van der Waals surface area (Å²) in [5.74, 6) is 1.78. The Bertz CT molecular complexity index is 654. The number of anilines is 1. The minimum Gasteiger partial charge on any atom is -0.363 e. The first kappa shape index (κ1) is 20.7. The van der Waals surface area contributed by atoms with Crippen LogP contribution >= 0.6 is 35.3 Å². The minimum absolute atomic E-state index is 0. The third-order valence-electron chi connectivity index (χ3n) is 3.26. The molecule has 2 heterocycles. The summed E-state index contributed by atoms with van der Waals surface area (Å²) in [5, 5.41) is 6.67. The van der Waals surface area contributed by atoms with Crippen LogP contribution in [0.3, 0.4) is 0 Å². The molecule has 0 radical (unpaired) electrons. The van der Waals surface area contributed by atoms with Gasteiger partial charge in [-0.15, -0.1) is 35.3 Å². The lowest BCUT2D eigenvalue weighted by Crippen LogP contribution is -2.36. The van der Waals surface area contributed by atoms with E-state index in [4.69, 9.17) is 0 Å². The van der Waals surface area contributed by atoms with Crippen molar-refractivity contribution in [3.8, 4) is 0 Å². The second kappa shape index (κ2) is 10.5. The number of guanidine groups is 1. The van der Waals surface area contributed by atoms with Crippen LogP contribution in [-0.4, -0.2) is 31.6 Å². The zero-order valence-corrected chi connectivity index (χ0v) is 17.8. The molecule has 0 saturated heterocycles. The monoisotopic (exact) mass is 459 g/mol. The zero-order valence-electron chi connectivity index (χ0n) is 14.7. The highest BCUT2D eigenvalue weighted by atomic mass is 127. The Labute approximate surface area is 165 Å². The summed E-state index contributed by atoms with van der Waals surface area (Å²) < 4.78 is 0. The van der Waals surface area contributed by atoms with Gasteiger partial charge in [0.1, 0.15) is 5.82 Å². The maximum atomic E-state index is 4.66. The van der Waals surface area contributed by atoms with Gasteiger partial charge in [0.2, 0.25) is 0 Å². The van der Waals surface area contributed by atoms with Crippen molar-refractivity contribution in [1.82, 2.24) is 15.6 Å². The molecule has 0 aliphatic carbocycles. The van der Waals surface area contributed by atoms with Gasteiger partial charge < -0.3 is 15.5 Å². The summed E-state index contributed by atoms with van der Waals surface area (Å²) in [6, 6.07) is 8.37. The SMILES string of the molecule is CCNC(=NCc1ccnc(N(C)C)c1)NCc1ccc(C)s1.I. The molecule has 0 saturated carbocycles. The van der Waals surface area contributed by atoms with Gasteiger partial charge in [0, 0.05) is 36.6 Å². The van der Waals surface area contributed by atoms with Gasteiger partial charge in [-0.2, -0.15) is 0 Å². The minimum atomic E-state index is 0. The van der Waals surface area contributed by atoms with Crippen LogP contribution in [0.2, 0.25) is 0 Å². The van der Waals surface area contributed by atoms with E-state index in [-0.39, 0.29) is 24.0 Å². The van der Waals surface area contributed by atoms with Gasteiger partial charge in [0.05, 0.1) is 13.1 Å². The van der Waals surface area contributed by atoms with E-state index in [1.54, 1.807) is 0 Å². The number of hydrogen-bond acceptors (Lipinski definition) is 4. The number of nitrogens with one attached hydrogen (secondary N) is 2. The number of rotatable bonds is 6. The molecule has 2 N–H and O–H groups in total.